The topological polar surface area (TPSA) is 101 Å². The van der Waals surface area contributed by atoms with Gasteiger partial charge in [-0.05, 0) is 49.9 Å². The summed E-state index contributed by atoms with van der Waals surface area (Å²) in [6.45, 7) is 0.797. The first-order chi connectivity index (χ1) is 13.5. The van der Waals surface area contributed by atoms with Gasteiger partial charge in [-0.2, -0.15) is 10.1 Å². The summed E-state index contributed by atoms with van der Waals surface area (Å²) in [7, 11) is 4.01. The number of hydrogen-bond acceptors (Lipinski definition) is 7. The molecule has 0 radical (unpaired) electrons. The van der Waals surface area contributed by atoms with E-state index in [9.17, 15) is 0 Å². The second-order valence-corrected chi connectivity index (χ2v) is 7.71. The Hall–Kier alpha value is -3.03. The summed E-state index contributed by atoms with van der Waals surface area (Å²) in [5.74, 6) is 0.703. The van der Waals surface area contributed by atoms with E-state index in [1.807, 2.05) is 24.1 Å². The molecule has 2 aromatic rings. The zero-order chi connectivity index (χ0) is 19.7. The molecule has 28 heavy (non-hydrogen) atoms. The van der Waals surface area contributed by atoms with Crippen molar-refractivity contribution in [1.82, 2.24) is 9.78 Å². The highest BCUT2D eigenvalue weighted by atomic mass is 15.4. The van der Waals surface area contributed by atoms with Crippen LogP contribution < -0.4 is 21.3 Å². The number of aliphatic imine (C=N–C) groups is 2. The molecule has 0 bridgehead atoms. The van der Waals surface area contributed by atoms with Crippen molar-refractivity contribution in [3.05, 3.63) is 42.2 Å². The molecule has 1 aliphatic carbocycles. The number of nitrogens with zero attached hydrogens (tertiary/aromatic N) is 6. The van der Waals surface area contributed by atoms with Crippen LogP contribution in [0.4, 0.5) is 11.4 Å². The van der Waals surface area contributed by atoms with E-state index in [2.05, 4.69) is 51.2 Å². The van der Waals surface area contributed by atoms with E-state index in [0.717, 1.165) is 43.6 Å². The first kappa shape index (κ1) is 18.3. The fourth-order valence-electron chi connectivity index (χ4n) is 4.27. The second kappa shape index (κ2) is 7.18. The molecule has 8 heteroatoms. The van der Waals surface area contributed by atoms with E-state index in [1.165, 1.54) is 12.0 Å². The molecule has 4 rings (SSSR count). The average Bonchev–Trinajstić information content (AvgIpc) is 3.07. The van der Waals surface area contributed by atoms with Crippen molar-refractivity contribution in [3.63, 3.8) is 0 Å². The molecule has 148 valence electrons. The number of aromatic nitrogens is 2. The monoisotopic (exact) mass is 380 g/mol. The van der Waals surface area contributed by atoms with Crippen LogP contribution in [0.25, 0.3) is 0 Å². The van der Waals surface area contributed by atoms with Gasteiger partial charge in [0.15, 0.2) is 0 Å². The van der Waals surface area contributed by atoms with Gasteiger partial charge in [-0.1, -0.05) is 6.42 Å². The maximum Gasteiger partial charge on any atom is 0.220 e. The molecular weight excluding hydrogens is 352 g/mol. The summed E-state index contributed by atoms with van der Waals surface area (Å²) in [6, 6.07) is 8.39. The van der Waals surface area contributed by atoms with Gasteiger partial charge in [-0.25, -0.2) is 4.99 Å². The number of rotatable bonds is 4. The number of guanidine groups is 2. The lowest BCUT2D eigenvalue weighted by Gasteiger charge is -2.45. The van der Waals surface area contributed by atoms with Crippen molar-refractivity contribution in [2.24, 2.45) is 28.5 Å². The Labute approximate surface area is 165 Å². The predicted molar refractivity (Wildman–Crippen MR) is 113 cm³/mol. The molecule has 0 atom stereocenters. The molecule has 1 saturated carbocycles. The highest BCUT2D eigenvalue weighted by molar-refractivity contribution is 6.05. The van der Waals surface area contributed by atoms with Gasteiger partial charge in [-0.15, -0.1) is 0 Å². The fraction of sp³-hybridized carbons (Fsp3) is 0.450. The largest absolute Gasteiger partial charge is 0.370 e. The summed E-state index contributed by atoms with van der Waals surface area (Å²) in [5.41, 5.74) is 15.1. The molecule has 8 nitrogen and oxygen atoms in total. The number of hydrogen-bond donors (Lipinski definition) is 2. The van der Waals surface area contributed by atoms with Crippen LogP contribution in [-0.2, 0) is 13.6 Å². The van der Waals surface area contributed by atoms with Gasteiger partial charge >= 0.3 is 0 Å². The molecule has 1 aliphatic heterocycles. The summed E-state index contributed by atoms with van der Waals surface area (Å²) >= 11 is 0. The van der Waals surface area contributed by atoms with Crippen molar-refractivity contribution in [2.45, 2.75) is 44.3 Å². The van der Waals surface area contributed by atoms with Crippen molar-refractivity contribution < 1.29 is 0 Å². The van der Waals surface area contributed by atoms with Gasteiger partial charge in [0.1, 0.15) is 5.66 Å². The first-order valence-electron chi connectivity index (χ1n) is 9.75. The third-order valence-corrected chi connectivity index (χ3v) is 5.58. The SMILES string of the molecule is CN(Cc1cnn(C)c1)c1ccc(N2C(N)=NC(N)=NC23CCCCC3)cc1. The Morgan fingerprint density at radius 1 is 1.11 bits per heavy atom. The lowest BCUT2D eigenvalue weighted by Crippen LogP contribution is -2.58. The lowest BCUT2D eigenvalue weighted by atomic mass is 9.87. The van der Waals surface area contributed by atoms with Crippen LogP contribution in [0.15, 0.2) is 46.6 Å². The molecule has 1 spiro atoms. The summed E-state index contributed by atoms with van der Waals surface area (Å²) in [4.78, 5) is 13.2. The van der Waals surface area contributed by atoms with Gasteiger partial charge in [0.05, 0.1) is 6.20 Å². The Morgan fingerprint density at radius 2 is 1.82 bits per heavy atom. The van der Waals surface area contributed by atoms with Crippen LogP contribution in [0.5, 0.6) is 0 Å². The number of aryl methyl sites for hydroxylation is 1. The van der Waals surface area contributed by atoms with Gasteiger partial charge in [0.25, 0.3) is 0 Å². The van der Waals surface area contributed by atoms with E-state index in [1.54, 1.807) is 0 Å². The zero-order valence-corrected chi connectivity index (χ0v) is 16.5. The smallest absolute Gasteiger partial charge is 0.220 e. The van der Waals surface area contributed by atoms with E-state index >= 15 is 0 Å². The molecule has 1 aromatic heterocycles. The minimum absolute atomic E-state index is 0.281. The van der Waals surface area contributed by atoms with E-state index in [-0.39, 0.29) is 5.96 Å². The van der Waals surface area contributed by atoms with E-state index in [0.29, 0.717) is 5.96 Å². The fourth-order valence-corrected chi connectivity index (χ4v) is 4.27. The molecule has 1 aromatic carbocycles. The zero-order valence-electron chi connectivity index (χ0n) is 16.5. The summed E-state index contributed by atoms with van der Waals surface area (Å²) in [6.07, 6.45) is 9.26. The van der Waals surface area contributed by atoms with Crippen LogP contribution in [-0.4, -0.2) is 34.4 Å². The van der Waals surface area contributed by atoms with Crippen LogP contribution in [0.3, 0.4) is 0 Å². The maximum absolute atomic E-state index is 6.30. The quantitative estimate of drug-likeness (QED) is 0.846. The van der Waals surface area contributed by atoms with Crippen molar-refractivity contribution >= 4 is 23.3 Å². The highest BCUT2D eigenvalue weighted by Crippen LogP contribution is 2.39. The maximum atomic E-state index is 6.30. The third kappa shape index (κ3) is 3.42. The molecule has 4 N–H and O–H groups in total. The average molecular weight is 381 g/mol. The Morgan fingerprint density at radius 3 is 2.46 bits per heavy atom. The van der Waals surface area contributed by atoms with Gasteiger partial charge in [-0.3, -0.25) is 9.58 Å². The number of nitrogens with two attached hydrogens (primary N) is 2. The van der Waals surface area contributed by atoms with Gasteiger partial charge < -0.3 is 16.4 Å². The summed E-state index contributed by atoms with van der Waals surface area (Å²) < 4.78 is 1.82. The van der Waals surface area contributed by atoms with Crippen molar-refractivity contribution in [2.75, 3.05) is 16.8 Å². The Kier molecular flexibility index (Phi) is 4.70. The van der Waals surface area contributed by atoms with Crippen LogP contribution in [0.2, 0.25) is 0 Å². The van der Waals surface area contributed by atoms with Gasteiger partial charge in [0, 0.05) is 43.8 Å². The predicted octanol–water partition coefficient (Wildman–Crippen LogP) is 2.17. The molecule has 0 unspecified atom stereocenters. The van der Waals surface area contributed by atoms with E-state index in [4.69, 9.17) is 16.5 Å². The minimum atomic E-state index is -0.405. The van der Waals surface area contributed by atoms with Crippen molar-refractivity contribution in [3.8, 4) is 0 Å². The van der Waals surface area contributed by atoms with Crippen LogP contribution >= 0.6 is 0 Å². The first-order valence-corrected chi connectivity index (χ1v) is 9.75. The second-order valence-electron chi connectivity index (χ2n) is 7.71. The molecule has 1 fully saturated rings. The minimum Gasteiger partial charge on any atom is -0.370 e. The highest BCUT2D eigenvalue weighted by Gasteiger charge is 2.42. The molecule has 2 aliphatic rings. The Balaban J connectivity index is 1.57. The summed E-state index contributed by atoms with van der Waals surface area (Å²) in [5, 5.41) is 4.24. The third-order valence-electron chi connectivity index (χ3n) is 5.58. The number of anilines is 2. The van der Waals surface area contributed by atoms with Gasteiger partial charge in [0.2, 0.25) is 11.9 Å². The van der Waals surface area contributed by atoms with Crippen LogP contribution in [0, 0.1) is 0 Å². The standard InChI is InChI=1S/C20H28N8/c1-26(13-15-12-23-27(2)14-15)16-6-8-17(9-7-16)28-19(22)24-18(21)25-20(28)10-4-3-5-11-20/h6-9,12,14H,3-5,10-11,13H2,1-2H3,(H4,21,22,24,25). The Bertz CT molecular complexity index is 889. The number of benzene rings is 1. The molecular formula is C20H28N8. The molecule has 0 amide bonds. The van der Waals surface area contributed by atoms with Crippen LogP contribution in [0.1, 0.15) is 37.7 Å². The molecule has 2 heterocycles. The lowest BCUT2D eigenvalue weighted by molar-refractivity contribution is 0.305. The molecule has 0 saturated heterocycles. The van der Waals surface area contributed by atoms with Crippen molar-refractivity contribution in [1.29, 1.82) is 0 Å². The van der Waals surface area contributed by atoms with E-state index < -0.39 is 5.66 Å². The normalized spacial score (nSPS) is 18.7.